The van der Waals surface area contributed by atoms with E-state index < -0.39 is 0 Å². The highest BCUT2D eigenvalue weighted by molar-refractivity contribution is 9.10. The maximum absolute atomic E-state index is 4.70. The van der Waals surface area contributed by atoms with Gasteiger partial charge in [0.25, 0.3) is 0 Å². The summed E-state index contributed by atoms with van der Waals surface area (Å²) < 4.78 is 1.07. The predicted molar refractivity (Wildman–Crippen MR) is 85.7 cm³/mol. The van der Waals surface area contributed by atoms with Crippen molar-refractivity contribution in [2.24, 2.45) is 0 Å². The Morgan fingerprint density at radius 3 is 2.58 bits per heavy atom. The molecule has 1 aromatic heterocycles. The van der Waals surface area contributed by atoms with E-state index in [4.69, 9.17) is 4.98 Å². The van der Waals surface area contributed by atoms with Crippen molar-refractivity contribution in [2.45, 2.75) is 11.8 Å². The van der Waals surface area contributed by atoms with Gasteiger partial charge in [-0.15, -0.1) is 11.8 Å². The van der Waals surface area contributed by atoms with Gasteiger partial charge >= 0.3 is 0 Å². The fourth-order valence-corrected chi connectivity index (χ4v) is 3.11. The summed E-state index contributed by atoms with van der Waals surface area (Å²) in [5.41, 5.74) is 4.39. The van der Waals surface area contributed by atoms with Gasteiger partial charge in [0.05, 0.1) is 11.0 Å². The lowest BCUT2D eigenvalue weighted by atomic mass is 10.2. The number of aromatic amines is 1. The summed E-state index contributed by atoms with van der Waals surface area (Å²) in [6, 6.07) is 12.6. The minimum absolute atomic E-state index is 0.920. The molecule has 1 N–H and O–H groups in total. The second kappa shape index (κ2) is 5.02. The highest BCUT2D eigenvalue weighted by atomic mass is 79.9. The summed E-state index contributed by atoms with van der Waals surface area (Å²) in [5, 5.41) is 0. The van der Waals surface area contributed by atoms with Crippen LogP contribution in [0, 0.1) is 6.92 Å². The summed E-state index contributed by atoms with van der Waals surface area (Å²) in [7, 11) is 0. The first-order valence-corrected chi connectivity index (χ1v) is 7.99. The Kier molecular flexibility index (Phi) is 3.37. The topological polar surface area (TPSA) is 28.7 Å². The number of hydrogen-bond donors (Lipinski definition) is 1. The number of aryl methyl sites for hydroxylation is 1. The molecular weight excluding hydrogens is 320 g/mol. The Morgan fingerprint density at radius 1 is 1.16 bits per heavy atom. The summed E-state index contributed by atoms with van der Waals surface area (Å²) in [6.07, 6.45) is 2.08. The zero-order chi connectivity index (χ0) is 13.4. The maximum Gasteiger partial charge on any atom is 0.138 e. The predicted octanol–water partition coefficient (Wildman–Crippen LogP) is 5.02. The third-order valence-electron chi connectivity index (χ3n) is 3.11. The Balaban J connectivity index is 2.12. The SMILES string of the molecule is CSc1ccc(-c2nc3c(C)cc(Br)cc3[nH]2)cc1. The molecule has 3 rings (SSSR count). The minimum atomic E-state index is 0.920. The van der Waals surface area contributed by atoms with Crippen molar-refractivity contribution in [3.63, 3.8) is 0 Å². The number of thioether (sulfide) groups is 1. The molecule has 2 aromatic carbocycles. The summed E-state index contributed by atoms with van der Waals surface area (Å²) in [4.78, 5) is 9.34. The van der Waals surface area contributed by atoms with Gasteiger partial charge in [-0.1, -0.05) is 28.1 Å². The normalized spacial score (nSPS) is 11.1. The molecule has 0 radical (unpaired) electrons. The zero-order valence-electron chi connectivity index (χ0n) is 10.7. The second-order valence-electron chi connectivity index (χ2n) is 4.43. The van der Waals surface area contributed by atoms with Crippen LogP contribution in [-0.2, 0) is 0 Å². The van der Waals surface area contributed by atoms with Crippen LogP contribution in [-0.4, -0.2) is 16.2 Å². The van der Waals surface area contributed by atoms with E-state index in [-0.39, 0.29) is 0 Å². The first kappa shape index (κ1) is 12.8. The Labute approximate surface area is 124 Å². The first-order chi connectivity index (χ1) is 9.17. The van der Waals surface area contributed by atoms with Crippen molar-refractivity contribution in [2.75, 3.05) is 6.26 Å². The molecule has 0 aliphatic heterocycles. The van der Waals surface area contributed by atoms with Gasteiger partial charge in [-0.3, -0.25) is 0 Å². The standard InChI is InChI=1S/C15H13BrN2S/c1-9-7-11(16)8-13-14(9)18-15(17-13)10-3-5-12(19-2)6-4-10/h3-8H,1-2H3,(H,17,18). The van der Waals surface area contributed by atoms with Gasteiger partial charge in [0.1, 0.15) is 5.82 Å². The lowest BCUT2D eigenvalue weighted by Gasteiger charge is -1.98. The van der Waals surface area contributed by atoms with E-state index in [1.54, 1.807) is 11.8 Å². The van der Waals surface area contributed by atoms with Crippen molar-refractivity contribution < 1.29 is 0 Å². The lowest BCUT2D eigenvalue weighted by Crippen LogP contribution is -1.80. The third kappa shape index (κ3) is 2.42. The maximum atomic E-state index is 4.70. The van der Waals surface area contributed by atoms with Crippen molar-refractivity contribution in [3.8, 4) is 11.4 Å². The van der Waals surface area contributed by atoms with Crippen LogP contribution in [0.3, 0.4) is 0 Å². The Bertz CT molecular complexity index is 732. The molecule has 0 saturated carbocycles. The molecule has 2 nitrogen and oxygen atoms in total. The van der Waals surface area contributed by atoms with Crippen LogP contribution in [0.1, 0.15) is 5.56 Å². The van der Waals surface area contributed by atoms with Gasteiger partial charge in [0.15, 0.2) is 0 Å². The Hall–Kier alpha value is -1.26. The zero-order valence-corrected chi connectivity index (χ0v) is 13.1. The van der Waals surface area contributed by atoms with E-state index in [9.17, 15) is 0 Å². The number of nitrogens with zero attached hydrogens (tertiary/aromatic N) is 1. The smallest absolute Gasteiger partial charge is 0.138 e. The minimum Gasteiger partial charge on any atom is -0.338 e. The molecule has 0 unspecified atom stereocenters. The molecule has 0 saturated heterocycles. The van der Waals surface area contributed by atoms with Crippen LogP contribution in [0.5, 0.6) is 0 Å². The van der Waals surface area contributed by atoms with E-state index in [2.05, 4.69) is 70.5 Å². The Morgan fingerprint density at radius 2 is 1.89 bits per heavy atom. The van der Waals surface area contributed by atoms with E-state index in [0.717, 1.165) is 26.9 Å². The number of fused-ring (bicyclic) bond motifs is 1. The van der Waals surface area contributed by atoms with Crippen LogP contribution in [0.4, 0.5) is 0 Å². The average Bonchev–Trinajstić information content (AvgIpc) is 2.83. The van der Waals surface area contributed by atoms with Crippen LogP contribution in [0.2, 0.25) is 0 Å². The number of aromatic nitrogens is 2. The summed E-state index contributed by atoms with van der Waals surface area (Å²) >= 11 is 5.26. The van der Waals surface area contributed by atoms with Crippen molar-refractivity contribution >= 4 is 38.7 Å². The van der Waals surface area contributed by atoms with E-state index >= 15 is 0 Å². The number of benzene rings is 2. The summed E-state index contributed by atoms with van der Waals surface area (Å²) in [6.45, 7) is 2.08. The van der Waals surface area contributed by atoms with Crippen molar-refractivity contribution in [1.29, 1.82) is 0 Å². The molecule has 19 heavy (non-hydrogen) atoms. The molecule has 1 heterocycles. The largest absolute Gasteiger partial charge is 0.338 e. The number of imidazole rings is 1. The number of nitrogens with one attached hydrogen (secondary N) is 1. The molecule has 0 aliphatic rings. The molecule has 0 atom stereocenters. The number of H-pyrrole nitrogens is 1. The number of halogens is 1. The van der Waals surface area contributed by atoms with Crippen LogP contribution in [0.15, 0.2) is 45.8 Å². The fourth-order valence-electron chi connectivity index (χ4n) is 2.13. The molecule has 96 valence electrons. The van der Waals surface area contributed by atoms with Gasteiger partial charge in [-0.2, -0.15) is 0 Å². The average molecular weight is 333 g/mol. The van der Waals surface area contributed by atoms with Crippen LogP contribution >= 0.6 is 27.7 Å². The van der Waals surface area contributed by atoms with Crippen LogP contribution in [0.25, 0.3) is 22.4 Å². The summed E-state index contributed by atoms with van der Waals surface area (Å²) in [5.74, 6) is 0.920. The van der Waals surface area contributed by atoms with Gasteiger partial charge in [0.2, 0.25) is 0 Å². The molecule has 0 amide bonds. The van der Waals surface area contributed by atoms with Gasteiger partial charge < -0.3 is 4.98 Å². The molecule has 3 aromatic rings. The van der Waals surface area contributed by atoms with Crippen LogP contribution < -0.4 is 0 Å². The molecular formula is C15H13BrN2S. The molecule has 0 aliphatic carbocycles. The first-order valence-electron chi connectivity index (χ1n) is 5.97. The van der Waals surface area contributed by atoms with E-state index in [1.165, 1.54) is 10.5 Å². The van der Waals surface area contributed by atoms with Gasteiger partial charge in [-0.25, -0.2) is 4.98 Å². The fraction of sp³-hybridized carbons (Fsp3) is 0.133. The highest BCUT2D eigenvalue weighted by Gasteiger charge is 2.08. The third-order valence-corrected chi connectivity index (χ3v) is 4.31. The second-order valence-corrected chi connectivity index (χ2v) is 6.23. The van der Waals surface area contributed by atoms with Crippen molar-refractivity contribution in [1.82, 2.24) is 9.97 Å². The monoisotopic (exact) mass is 332 g/mol. The lowest BCUT2D eigenvalue weighted by molar-refractivity contribution is 1.32. The molecule has 0 spiro atoms. The van der Waals surface area contributed by atoms with E-state index in [0.29, 0.717) is 0 Å². The molecule has 0 bridgehead atoms. The highest BCUT2D eigenvalue weighted by Crippen LogP contribution is 2.27. The van der Waals surface area contributed by atoms with Gasteiger partial charge in [0, 0.05) is 14.9 Å². The number of rotatable bonds is 2. The van der Waals surface area contributed by atoms with E-state index in [1.807, 2.05) is 0 Å². The number of hydrogen-bond acceptors (Lipinski definition) is 2. The molecule has 4 heteroatoms. The van der Waals surface area contributed by atoms with Gasteiger partial charge in [-0.05, 0) is 43.0 Å². The molecule has 0 fully saturated rings. The quantitative estimate of drug-likeness (QED) is 0.667. The van der Waals surface area contributed by atoms with Crippen molar-refractivity contribution in [3.05, 3.63) is 46.4 Å².